The smallest absolute Gasteiger partial charge is 0.00506 e. The zero-order valence-corrected chi connectivity index (χ0v) is 10.4. The first-order valence-corrected chi connectivity index (χ1v) is 3.93. The Hall–Kier alpha value is -0.521. The fourth-order valence-electron chi connectivity index (χ4n) is 0.321. The molecular formula is C12H16FeO2-. The van der Waals surface area contributed by atoms with Crippen LogP contribution in [-0.4, -0.2) is 0 Å². The molecule has 0 saturated carbocycles. The molecule has 0 atom stereocenters. The minimum atomic E-state index is 0. The molecule has 1 radical (unpaired) electrons. The molecule has 1 aliphatic rings. The van der Waals surface area contributed by atoms with Gasteiger partial charge in [-0.15, -0.1) is 0 Å². The van der Waals surface area contributed by atoms with Gasteiger partial charge in [0.15, 0.2) is 0 Å². The monoisotopic (exact) mass is 248 g/mol. The van der Waals surface area contributed by atoms with Gasteiger partial charge in [-0.2, -0.15) is 5.41 Å². The number of hydrogen-bond acceptors (Lipinski definition) is 0. The summed E-state index contributed by atoms with van der Waals surface area (Å²) >= 11 is 0. The molecular weight excluding hydrogens is 232 g/mol. The van der Waals surface area contributed by atoms with Gasteiger partial charge in [-0.05, 0) is 0 Å². The van der Waals surface area contributed by atoms with E-state index in [9.17, 15) is 0 Å². The van der Waals surface area contributed by atoms with Crippen LogP contribution in [0.15, 0.2) is 24.3 Å². The van der Waals surface area contributed by atoms with Gasteiger partial charge >= 0.3 is 22.6 Å². The summed E-state index contributed by atoms with van der Waals surface area (Å²) in [5, 5.41) is 0. The van der Waals surface area contributed by atoms with E-state index < -0.39 is 0 Å². The second-order valence-electron chi connectivity index (χ2n) is 3.52. The third kappa shape index (κ3) is 88.5. The van der Waals surface area contributed by atoms with Crippen molar-refractivity contribution >= 4 is 0 Å². The van der Waals surface area contributed by atoms with E-state index in [-0.39, 0.29) is 22.5 Å². The predicted molar refractivity (Wildman–Crippen MR) is 55.3 cm³/mol. The van der Waals surface area contributed by atoms with Crippen molar-refractivity contribution in [3.8, 4) is 0 Å². The summed E-state index contributed by atoms with van der Waals surface area (Å²) in [6, 6.07) is 0. The zero-order valence-electron chi connectivity index (χ0n) is 9.26. The standard InChI is InChI=1S/C5H5.C5H11.2CO.Fe/c1-2-4-5-3-1;1-5(2,3)4;2*1-2;/h1-5H;1H2,2-4H3;;;/q;-1;;;. The van der Waals surface area contributed by atoms with Gasteiger partial charge in [-0.25, -0.2) is 0 Å². The van der Waals surface area contributed by atoms with Crippen LogP contribution in [0.2, 0.25) is 0 Å². The van der Waals surface area contributed by atoms with E-state index in [0.717, 1.165) is 0 Å². The summed E-state index contributed by atoms with van der Waals surface area (Å²) in [5.41, 5.74) is 0.250. The summed E-state index contributed by atoms with van der Waals surface area (Å²) in [7, 11) is 0. The maximum absolute atomic E-state index is 7.50. The molecule has 15 heavy (non-hydrogen) atoms. The van der Waals surface area contributed by atoms with E-state index >= 15 is 0 Å². The number of rotatable bonds is 0. The first kappa shape index (κ1) is 24.0. The molecule has 0 unspecified atom stereocenters. The van der Waals surface area contributed by atoms with Crippen LogP contribution in [0.1, 0.15) is 20.8 Å². The third-order valence-corrected chi connectivity index (χ3v) is 0.556. The number of allylic oxidation sites excluding steroid dienone is 4. The molecule has 0 saturated heterocycles. The quantitative estimate of drug-likeness (QED) is 0.359. The second kappa shape index (κ2) is 19.1. The van der Waals surface area contributed by atoms with Crippen LogP contribution in [-0.2, 0) is 26.4 Å². The molecule has 1 aliphatic carbocycles. The maximum Gasteiger partial charge on any atom is 0.00506 e. The van der Waals surface area contributed by atoms with Crippen molar-refractivity contribution in [2.75, 3.05) is 0 Å². The Balaban J connectivity index is -0.0000000580. The zero-order chi connectivity index (χ0) is 12.0. The molecule has 85 valence electrons. The molecule has 0 spiro atoms. The SMILES string of the molecule is [C-]#[O+].[C-]#[O+].[CH2-]C(C)(C)C.[CH]1C=CC=C1.[Fe]. The molecule has 0 amide bonds. The van der Waals surface area contributed by atoms with Crippen molar-refractivity contribution in [1.82, 2.24) is 0 Å². The van der Waals surface area contributed by atoms with Gasteiger partial charge in [-0.1, -0.05) is 45.1 Å². The van der Waals surface area contributed by atoms with Crippen LogP contribution in [0.25, 0.3) is 0 Å². The molecule has 2 nitrogen and oxygen atoms in total. The van der Waals surface area contributed by atoms with Crippen LogP contribution in [0, 0.1) is 32.1 Å². The third-order valence-electron chi connectivity index (χ3n) is 0.556. The fourth-order valence-corrected chi connectivity index (χ4v) is 0.321. The van der Waals surface area contributed by atoms with E-state index in [1.54, 1.807) is 0 Å². The topological polar surface area (TPSA) is 39.8 Å². The van der Waals surface area contributed by atoms with Crippen LogP contribution >= 0.6 is 0 Å². The van der Waals surface area contributed by atoms with E-state index in [1.807, 2.05) is 30.7 Å². The van der Waals surface area contributed by atoms with Crippen molar-refractivity contribution < 1.29 is 26.4 Å². The molecule has 0 aromatic carbocycles. The fraction of sp³-hybridized carbons (Fsp3) is 0.333. The molecule has 3 heteroatoms. The minimum Gasteiger partial charge on any atom is -0.338 e. The Morgan fingerprint density at radius 2 is 1.07 bits per heavy atom. The van der Waals surface area contributed by atoms with E-state index in [1.165, 1.54) is 0 Å². The van der Waals surface area contributed by atoms with Gasteiger partial charge in [0.25, 0.3) is 0 Å². The molecule has 0 aromatic heterocycles. The normalized spacial score (nSPS) is 10.1. The van der Waals surface area contributed by atoms with Crippen molar-refractivity contribution in [1.29, 1.82) is 0 Å². The summed E-state index contributed by atoms with van der Waals surface area (Å²) < 4.78 is 15.0. The van der Waals surface area contributed by atoms with Gasteiger partial charge in [-0.3, -0.25) is 0 Å². The van der Waals surface area contributed by atoms with Crippen molar-refractivity contribution in [3.05, 3.63) is 50.9 Å². The Labute approximate surface area is 104 Å². The minimum absolute atomic E-state index is 0. The Kier molecular flexibility index (Phi) is 30.5. The van der Waals surface area contributed by atoms with E-state index in [2.05, 4.69) is 41.0 Å². The average Bonchev–Trinajstić information content (AvgIpc) is 2.64. The summed E-state index contributed by atoms with van der Waals surface area (Å²) in [6.07, 6.45) is 10.0. The van der Waals surface area contributed by atoms with Gasteiger partial charge in [0, 0.05) is 23.5 Å². The van der Waals surface area contributed by atoms with Crippen molar-refractivity contribution in [2.24, 2.45) is 5.41 Å². The molecule has 1 rings (SSSR count). The molecule has 0 N–H and O–H groups in total. The van der Waals surface area contributed by atoms with Crippen LogP contribution in [0.3, 0.4) is 0 Å². The van der Waals surface area contributed by atoms with Gasteiger partial charge < -0.3 is 6.92 Å². The molecule has 0 bridgehead atoms. The number of hydrogen-bond donors (Lipinski definition) is 0. The molecule has 0 fully saturated rings. The summed E-state index contributed by atoms with van der Waals surface area (Å²) in [6.45, 7) is 19.0. The Morgan fingerprint density at radius 3 is 1.13 bits per heavy atom. The van der Waals surface area contributed by atoms with Gasteiger partial charge in [0.1, 0.15) is 0 Å². The maximum atomic E-state index is 7.50. The summed E-state index contributed by atoms with van der Waals surface area (Å²) in [5.74, 6) is 0. The first-order valence-electron chi connectivity index (χ1n) is 3.93. The average molecular weight is 248 g/mol. The van der Waals surface area contributed by atoms with E-state index in [0.29, 0.717) is 0 Å². The first-order chi connectivity index (χ1) is 6.50. The van der Waals surface area contributed by atoms with Gasteiger partial charge in [0.2, 0.25) is 0 Å². The molecule has 0 heterocycles. The Bertz CT molecular complexity index is 173. The van der Waals surface area contributed by atoms with Crippen molar-refractivity contribution in [3.63, 3.8) is 0 Å². The largest absolute Gasteiger partial charge is 0.338 e. The van der Waals surface area contributed by atoms with Crippen LogP contribution in [0.5, 0.6) is 0 Å². The van der Waals surface area contributed by atoms with Crippen molar-refractivity contribution in [2.45, 2.75) is 20.8 Å². The van der Waals surface area contributed by atoms with Gasteiger partial charge in [0.05, 0.1) is 0 Å². The second-order valence-corrected chi connectivity index (χ2v) is 3.52. The Morgan fingerprint density at radius 1 is 0.867 bits per heavy atom. The van der Waals surface area contributed by atoms with Crippen LogP contribution in [0.4, 0.5) is 0 Å². The molecule has 0 aliphatic heterocycles. The van der Waals surface area contributed by atoms with E-state index in [4.69, 9.17) is 9.30 Å². The molecule has 0 aromatic rings. The summed E-state index contributed by atoms with van der Waals surface area (Å²) in [4.78, 5) is 0. The van der Waals surface area contributed by atoms with Crippen LogP contribution < -0.4 is 0 Å². The predicted octanol–water partition coefficient (Wildman–Crippen LogP) is 3.11.